The summed E-state index contributed by atoms with van der Waals surface area (Å²) in [4.78, 5) is 10.7. The number of carboxylic acid groups (broad SMARTS) is 1. The van der Waals surface area contributed by atoms with E-state index in [4.69, 9.17) is 9.84 Å². The van der Waals surface area contributed by atoms with Crippen molar-refractivity contribution in [3.63, 3.8) is 0 Å². The summed E-state index contributed by atoms with van der Waals surface area (Å²) in [6.45, 7) is 0.763. The molecule has 2 rings (SSSR count). The Kier molecular flexibility index (Phi) is 3.06. The highest BCUT2D eigenvalue weighted by molar-refractivity contribution is 5.67. The lowest BCUT2D eigenvalue weighted by atomic mass is 9.74. The minimum absolute atomic E-state index is 0.338. The smallest absolute Gasteiger partial charge is 0.303 e. The van der Waals surface area contributed by atoms with Crippen LogP contribution in [0.4, 0.5) is 0 Å². The largest absolute Gasteiger partial charge is 0.481 e. The maximum atomic E-state index is 10.7. The molecular formula is C11H18O3. The fraction of sp³-hybridized carbons (Fsp3) is 0.909. The van der Waals surface area contributed by atoms with Gasteiger partial charge < -0.3 is 9.84 Å². The third-order valence-corrected chi connectivity index (χ3v) is 3.62. The SMILES string of the molecule is O=C(O)CC1CCOC2CCCCC12. The van der Waals surface area contributed by atoms with E-state index in [1.165, 1.54) is 19.3 Å². The molecule has 0 aromatic carbocycles. The van der Waals surface area contributed by atoms with E-state index in [-0.39, 0.29) is 0 Å². The van der Waals surface area contributed by atoms with Crippen LogP contribution in [0.15, 0.2) is 0 Å². The van der Waals surface area contributed by atoms with Gasteiger partial charge >= 0.3 is 5.97 Å². The molecule has 1 N–H and O–H groups in total. The summed E-state index contributed by atoms with van der Waals surface area (Å²) in [7, 11) is 0. The molecule has 0 amide bonds. The average Bonchev–Trinajstić information content (AvgIpc) is 2.18. The molecule has 14 heavy (non-hydrogen) atoms. The minimum Gasteiger partial charge on any atom is -0.481 e. The normalized spacial score (nSPS) is 37.6. The van der Waals surface area contributed by atoms with Crippen LogP contribution in [0.1, 0.15) is 38.5 Å². The van der Waals surface area contributed by atoms with Crippen molar-refractivity contribution in [3.8, 4) is 0 Å². The number of hydrogen-bond acceptors (Lipinski definition) is 2. The van der Waals surface area contributed by atoms with E-state index in [1.54, 1.807) is 0 Å². The first-order valence-electron chi connectivity index (χ1n) is 5.61. The maximum absolute atomic E-state index is 10.7. The van der Waals surface area contributed by atoms with Crippen molar-refractivity contribution in [2.45, 2.75) is 44.6 Å². The number of rotatable bonds is 2. The molecule has 3 unspecified atom stereocenters. The Morgan fingerprint density at radius 2 is 2.07 bits per heavy atom. The second kappa shape index (κ2) is 4.30. The van der Waals surface area contributed by atoms with E-state index in [1.807, 2.05) is 0 Å². The van der Waals surface area contributed by atoms with Crippen LogP contribution in [0, 0.1) is 11.8 Å². The Bertz CT molecular complexity index is 213. The number of fused-ring (bicyclic) bond motifs is 1. The van der Waals surface area contributed by atoms with E-state index in [9.17, 15) is 4.79 Å². The van der Waals surface area contributed by atoms with Gasteiger partial charge in [0, 0.05) is 13.0 Å². The fourth-order valence-corrected chi connectivity index (χ4v) is 2.93. The molecule has 2 aliphatic rings. The molecule has 0 aromatic rings. The zero-order valence-electron chi connectivity index (χ0n) is 8.45. The maximum Gasteiger partial charge on any atom is 0.303 e. The zero-order chi connectivity index (χ0) is 9.97. The minimum atomic E-state index is -0.652. The predicted molar refractivity (Wildman–Crippen MR) is 52.1 cm³/mol. The lowest BCUT2D eigenvalue weighted by Crippen LogP contribution is -2.39. The van der Waals surface area contributed by atoms with Gasteiger partial charge in [0.2, 0.25) is 0 Å². The predicted octanol–water partition coefficient (Wildman–Crippen LogP) is 2.06. The van der Waals surface area contributed by atoms with Gasteiger partial charge in [-0.1, -0.05) is 12.8 Å². The quantitative estimate of drug-likeness (QED) is 0.738. The van der Waals surface area contributed by atoms with Crippen LogP contribution in [-0.4, -0.2) is 23.8 Å². The molecule has 0 spiro atoms. The summed E-state index contributed by atoms with van der Waals surface area (Å²) in [6.07, 6.45) is 6.45. The van der Waals surface area contributed by atoms with Gasteiger partial charge in [-0.3, -0.25) is 4.79 Å². The van der Waals surface area contributed by atoms with Gasteiger partial charge in [-0.05, 0) is 31.1 Å². The summed E-state index contributed by atoms with van der Waals surface area (Å²) in [6, 6.07) is 0. The Hall–Kier alpha value is -0.570. The molecule has 1 heterocycles. The first kappa shape index (κ1) is 9.97. The summed E-state index contributed by atoms with van der Waals surface area (Å²) >= 11 is 0. The van der Waals surface area contributed by atoms with Gasteiger partial charge in [-0.15, -0.1) is 0 Å². The second-order valence-electron chi connectivity index (χ2n) is 4.50. The third-order valence-electron chi connectivity index (χ3n) is 3.62. The van der Waals surface area contributed by atoms with E-state index in [0.717, 1.165) is 19.4 Å². The highest BCUT2D eigenvalue weighted by atomic mass is 16.5. The number of ether oxygens (including phenoxy) is 1. The molecule has 1 saturated heterocycles. The number of hydrogen-bond donors (Lipinski definition) is 1. The van der Waals surface area contributed by atoms with Crippen molar-refractivity contribution in [2.75, 3.05) is 6.61 Å². The molecule has 1 aliphatic carbocycles. The van der Waals surface area contributed by atoms with Crippen molar-refractivity contribution in [1.29, 1.82) is 0 Å². The lowest BCUT2D eigenvalue weighted by Gasteiger charge is -2.40. The Labute approximate surface area is 84.4 Å². The first-order valence-corrected chi connectivity index (χ1v) is 5.61. The van der Waals surface area contributed by atoms with Crippen LogP contribution >= 0.6 is 0 Å². The van der Waals surface area contributed by atoms with Crippen molar-refractivity contribution < 1.29 is 14.6 Å². The van der Waals surface area contributed by atoms with Crippen molar-refractivity contribution in [1.82, 2.24) is 0 Å². The van der Waals surface area contributed by atoms with Crippen LogP contribution in [0.2, 0.25) is 0 Å². The number of aliphatic carboxylic acids is 1. The van der Waals surface area contributed by atoms with E-state index in [0.29, 0.717) is 24.4 Å². The first-order chi connectivity index (χ1) is 6.77. The molecule has 80 valence electrons. The Morgan fingerprint density at radius 1 is 1.29 bits per heavy atom. The van der Waals surface area contributed by atoms with Crippen LogP contribution in [-0.2, 0) is 9.53 Å². The van der Waals surface area contributed by atoms with E-state index in [2.05, 4.69) is 0 Å². The van der Waals surface area contributed by atoms with Crippen LogP contribution in [0.3, 0.4) is 0 Å². The highest BCUT2D eigenvalue weighted by Gasteiger charge is 2.36. The van der Waals surface area contributed by atoms with Crippen LogP contribution < -0.4 is 0 Å². The summed E-state index contributed by atoms with van der Waals surface area (Å²) in [5.74, 6) is 0.237. The van der Waals surface area contributed by atoms with Crippen LogP contribution in [0.5, 0.6) is 0 Å². The molecule has 0 bridgehead atoms. The van der Waals surface area contributed by atoms with Gasteiger partial charge in [0.15, 0.2) is 0 Å². The molecule has 2 fully saturated rings. The number of carbonyl (C=O) groups is 1. The highest BCUT2D eigenvalue weighted by Crippen LogP contribution is 2.38. The summed E-state index contributed by atoms with van der Waals surface area (Å²) in [5.41, 5.74) is 0. The average molecular weight is 198 g/mol. The van der Waals surface area contributed by atoms with E-state index >= 15 is 0 Å². The standard InChI is InChI=1S/C11H18O3/c12-11(13)7-8-5-6-14-10-4-2-1-3-9(8)10/h8-10H,1-7H2,(H,12,13). The molecule has 0 radical (unpaired) electrons. The van der Waals surface area contributed by atoms with Crippen molar-refractivity contribution in [3.05, 3.63) is 0 Å². The zero-order valence-corrected chi connectivity index (χ0v) is 8.45. The second-order valence-corrected chi connectivity index (χ2v) is 4.50. The monoisotopic (exact) mass is 198 g/mol. The topological polar surface area (TPSA) is 46.5 Å². The number of carboxylic acids is 1. The summed E-state index contributed by atoms with van der Waals surface area (Å²) < 4.78 is 5.70. The molecule has 3 atom stereocenters. The molecule has 3 nitrogen and oxygen atoms in total. The molecule has 0 aromatic heterocycles. The Balaban J connectivity index is 1.97. The Morgan fingerprint density at radius 3 is 2.86 bits per heavy atom. The fourth-order valence-electron chi connectivity index (χ4n) is 2.93. The van der Waals surface area contributed by atoms with Gasteiger partial charge in [-0.2, -0.15) is 0 Å². The molecule has 1 saturated carbocycles. The molecule has 3 heteroatoms. The van der Waals surface area contributed by atoms with Gasteiger partial charge in [-0.25, -0.2) is 0 Å². The molecule has 1 aliphatic heterocycles. The van der Waals surface area contributed by atoms with Gasteiger partial charge in [0.1, 0.15) is 0 Å². The van der Waals surface area contributed by atoms with E-state index < -0.39 is 5.97 Å². The lowest BCUT2D eigenvalue weighted by molar-refractivity contribution is -0.142. The van der Waals surface area contributed by atoms with Crippen molar-refractivity contribution in [2.24, 2.45) is 11.8 Å². The third kappa shape index (κ3) is 2.08. The van der Waals surface area contributed by atoms with Gasteiger partial charge in [0.25, 0.3) is 0 Å². The van der Waals surface area contributed by atoms with Gasteiger partial charge in [0.05, 0.1) is 6.10 Å². The van der Waals surface area contributed by atoms with Crippen molar-refractivity contribution >= 4 is 5.97 Å². The molecular weight excluding hydrogens is 180 g/mol. The summed E-state index contributed by atoms with van der Waals surface area (Å²) in [5, 5.41) is 8.82. The van der Waals surface area contributed by atoms with Crippen LogP contribution in [0.25, 0.3) is 0 Å².